The highest BCUT2D eigenvalue weighted by molar-refractivity contribution is 7.16. The zero-order valence-electron chi connectivity index (χ0n) is 13.8. The third-order valence-corrected chi connectivity index (χ3v) is 5.37. The third-order valence-electron chi connectivity index (χ3n) is 4.24. The zero-order valence-corrected chi connectivity index (χ0v) is 14.6. The standard InChI is InChI=1S/C18H22N3S/c1-18(2)14-8-6-7-9-15(14)21(5)16(18)11-10-13-12-19-17(22-13)20(3)4/h6-12H,1-5H3/q+1. The number of hydrogen-bond acceptors (Lipinski definition) is 3. The van der Waals surface area contributed by atoms with E-state index in [1.807, 2.05) is 25.2 Å². The van der Waals surface area contributed by atoms with E-state index >= 15 is 0 Å². The van der Waals surface area contributed by atoms with Crippen molar-refractivity contribution < 1.29 is 4.58 Å². The van der Waals surface area contributed by atoms with Gasteiger partial charge in [-0.3, -0.25) is 0 Å². The van der Waals surface area contributed by atoms with Gasteiger partial charge in [-0.25, -0.2) is 4.98 Å². The first kappa shape index (κ1) is 15.0. The first-order valence-electron chi connectivity index (χ1n) is 7.43. The molecule has 0 unspecified atom stereocenters. The van der Waals surface area contributed by atoms with Crippen LogP contribution in [0.2, 0.25) is 0 Å². The Hall–Kier alpha value is -1.94. The van der Waals surface area contributed by atoms with Crippen LogP contribution >= 0.6 is 11.3 Å². The first-order valence-corrected chi connectivity index (χ1v) is 8.25. The molecule has 0 bridgehead atoms. The molecule has 1 aromatic carbocycles. The van der Waals surface area contributed by atoms with E-state index < -0.39 is 0 Å². The molecule has 1 aromatic heterocycles. The van der Waals surface area contributed by atoms with E-state index in [2.05, 4.69) is 66.9 Å². The van der Waals surface area contributed by atoms with Crippen molar-refractivity contribution in [1.82, 2.24) is 4.98 Å². The van der Waals surface area contributed by atoms with E-state index in [-0.39, 0.29) is 5.41 Å². The summed E-state index contributed by atoms with van der Waals surface area (Å²) in [4.78, 5) is 7.64. The maximum absolute atomic E-state index is 4.43. The maximum atomic E-state index is 4.43. The Labute approximate surface area is 136 Å². The second kappa shape index (κ2) is 5.36. The number of allylic oxidation sites excluding steroid dienone is 1. The summed E-state index contributed by atoms with van der Waals surface area (Å²) in [6.45, 7) is 4.57. The molecule has 0 amide bonds. The topological polar surface area (TPSA) is 19.1 Å². The number of aromatic nitrogens is 1. The summed E-state index contributed by atoms with van der Waals surface area (Å²) in [5, 5.41) is 1.03. The molecular weight excluding hydrogens is 290 g/mol. The SMILES string of the molecule is CN(C)c1ncc(/C=C/C2=[N+](C)c3ccccc3C2(C)C)s1. The minimum absolute atomic E-state index is 0.0247. The number of hydrogen-bond donors (Lipinski definition) is 0. The Bertz CT molecular complexity index is 766. The Morgan fingerprint density at radius 2 is 1.91 bits per heavy atom. The highest BCUT2D eigenvalue weighted by Crippen LogP contribution is 2.39. The number of nitrogens with zero attached hydrogens (tertiary/aromatic N) is 3. The summed E-state index contributed by atoms with van der Waals surface area (Å²) in [6.07, 6.45) is 6.34. The third kappa shape index (κ3) is 2.37. The molecule has 1 aliphatic rings. The van der Waals surface area contributed by atoms with E-state index in [1.54, 1.807) is 11.3 Å². The number of rotatable bonds is 3. The molecule has 0 spiro atoms. The van der Waals surface area contributed by atoms with Crippen molar-refractivity contribution in [3.63, 3.8) is 0 Å². The average Bonchev–Trinajstić information content (AvgIpc) is 3.02. The molecule has 0 radical (unpaired) electrons. The molecule has 3 rings (SSSR count). The smallest absolute Gasteiger partial charge is 0.209 e. The number of benzene rings is 1. The lowest BCUT2D eigenvalue weighted by atomic mass is 9.81. The van der Waals surface area contributed by atoms with Crippen molar-refractivity contribution >= 4 is 33.9 Å². The van der Waals surface area contributed by atoms with Crippen LogP contribution < -0.4 is 4.90 Å². The summed E-state index contributed by atoms with van der Waals surface area (Å²) < 4.78 is 2.29. The highest BCUT2D eigenvalue weighted by atomic mass is 32.1. The summed E-state index contributed by atoms with van der Waals surface area (Å²) >= 11 is 1.71. The highest BCUT2D eigenvalue weighted by Gasteiger charge is 2.42. The molecule has 0 fully saturated rings. The van der Waals surface area contributed by atoms with Crippen molar-refractivity contribution in [2.45, 2.75) is 19.3 Å². The van der Waals surface area contributed by atoms with Gasteiger partial charge in [0.05, 0.1) is 5.41 Å². The van der Waals surface area contributed by atoms with Gasteiger partial charge in [0.15, 0.2) is 10.8 Å². The molecule has 2 heterocycles. The number of para-hydroxylation sites is 1. The Morgan fingerprint density at radius 1 is 1.18 bits per heavy atom. The van der Waals surface area contributed by atoms with Crippen LogP contribution in [-0.2, 0) is 5.41 Å². The van der Waals surface area contributed by atoms with Gasteiger partial charge in [0.25, 0.3) is 0 Å². The lowest BCUT2D eigenvalue weighted by Gasteiger charge is -2.15. The summed E-state index contributed by atoms with van der Waals surface area (Å²) in [6, 6.07) is 8.64. The van der Waals surface area contributed by atoms with Gasteiger partial charge in [0.1, 0.15) is 7.05 Å². The number of anilines is 1. The van der Waals surface area contributed by atoms with E-state index in [9.17, 15) is 0 Å². The molecule has 3 nitrogen and oxygen atoms in total. The zero-order chi connectivity index (χ0) is 15.9. The first-order chi connectivity index (χ1) is 10.4. The van der Waals surface area contributed by atoms with Gasteiger partial charge in [-0.05, 0) is 19.9 Å². The minimum atomic E-state index is 0.0247. The van der Waals surface area contributed by atoms with Crippen LogP contribution in [0.1, 0.15) is 24.3 Å². The van der Waals surface area contributed by atoms with Crippen LogP contribution in [0.15, 0.2) is 36.5 Å². The summed E-state index contributed by atoms with van der Waals surface area (Å²) in [5.74, 6) is 0. The van der Waals surface area contributed by atoms with Crippen LogP contribution in [0.3, 0.4) is 0 Å². The molecular formula is C18H22N3S+. The van der Waals surface area contributed by atoms with Gasteiger partial charge < -0.3 is 4.90 Å². The maximum Gasteiger partial charge on any atom is 0.209 e. The fraction of sp³-hybridized carbons (Fsp3) is 0.333. The molecule has 0 saturated carbocycles. The summed E-state index contributed by atoms with van der Waals surface area (Å²) in [5.41, 5.74) is 4.02. The van der Waals surface area contributed by atoms with Crippen molar-refractivity contribution in [3.05, 3.63) is 47.0 Å². The second-order valence-corrected chi connectivity index (χ2v) is 7.40. The molecule has 4 heteroatoms. The molecule has 1 aliphatic heterocycles. The van der Waals surface area contributed by atoms with Gasteiger partial charge in [-0.1, -0.05) is 29.5 Å². The second-order valence-electron chi connectivity index (χ2n) is 6.36. The van der Waals surface area contributed by atoms with E-state index in [0.717, 1.165) is 5.13 Å². The van der Waals surface area contributed by atoms with Crippen molar-refractivity contribution in [1.29, 1.82) is 0 Å². The molecule has 22 heavy (non-hydrogen) atoms. The fourth-order valence-corrected chi connectivity index (χ4v) is 3.76. The number of fused-ring (bicyclic) bond motifs is 1. The van der Waals surface area contributed by atoms with E-state index in [0.29, 0.717) is 0 Å². The van der Waals surface area contributed by atoms with Crippen LogP contribution in [-0.4, -0.2) is 36.4 Å². The molecule has 114 valence electrons. The molecule has 0 saturated heterocycles. The van der Waals surface area contributed by atoms with E-state index in [4.69, 9.17) is 0 Å². The predicted molar refractivity (Wildman–Crippen MR) is 95.8 cm³/mol. The van der Waals surface area contributed by atoms with Gasteiger partial charge in [-0.15, -0.1) is 0 Å². The lowest BCUT2D eigenvalue weighted by Crippen LogP contribution is -2.26. The Morgan fingerprint density at radius 3 is 2.55 bits per heavy atom. The van der Waals surface area contributed by atoms with Crippen LogP contribution in [0.25, 0.3) is 6.08 Å². The monoisotopic (exact) mass is 312 g/mol. The van der Waals surface area contributed by atoms with Crippen molar-refractivity contribution in [3.8, 4) is 0 Å². The van der Waals surface area contributed by atoms with E-state index in [1.165, 1.54) is 21.8 Å². The van der Waals surface area contributed by atoms with Crippen LogP contribution in [0.4, 0.5) is 10.8 Å². The minimum Gasteiger partial charge on any atom is -0.354 e. The molecule has 2 aromatic rings. The normalized spacial score (nSPS) is 16.4. The summed E-state index contributed by atoms with van der Waals surface area (Å²) in [7, 11) is 6.18. The predicted octanol–water partition coefficient (Wildman–Crippen LogP) is 3.93. The molecule has 0 aliphatic carbocycles. The number of thiazole rings is 1. The van der Waals surface area contributed by atoms with Gasteiger partial charge >= 0.3 is 0 Å². The Kier molecular flexibility index (Phi) is 3.65. The van der Waals surface area contributed by atoms with Gasteiger partial charge in [0.2, 0.25) is 5.69 Å². The quantitative estimate of drug-likeness (QED) is 0.800. The van der Waals surface area contributed by atoms with Crippen molar-refractivity contribution in [2.75, 3.05) is 26.0 Å². The van der Waals surface area contributed by atoms with Gasteiger partial charge in [0, 0.05) is 42.9 Å². The largest absolute Gasteiger partial charge is 0.354 e. The Balaban J connectivity index is 1.95. The average molecular weight is 312 g/mol. The van der Waals surface area contributed by atoms with Gasteiger partial charge in [-0.2, -0.15) is 4.58 Å². The molecule has 0 N–H and O–H groups in total. The van der Waals surface area contributed by atoms with Crippen molar-refractivity contribution in [2.24, 2.45) is 0 Å². The molecule has 0 atom stereocenters. The van der Waals surface area contributed by atoms with Crippen LogP contribution in [0.5, 0.6) is 0 Å². The lowest BCUT2D eigenvalue weighted by molar-refractivity contribution is -0.401. The fourth-order valence-electron chi connectivity index (χ4n) is 3.02. The van der Waals surface area contributed by atoms with Crippen LogP contribution in [0, 0.1) is 0 Å².